The van der Waals surface area contributed by atoms with Gasteiger partial charge in [0, 0.05) is 24.6 Å². The monoisotopic (exact) mass is 346 g/mol. The lowest BCUT2D eigenvalue weighted by atomic mass is 9.88. The van der Waals surface area contributed by atoms with E-state index in [9.17, 15) is 24.5 Å². The van der Waals surface area contributed by atoms with Gasteiger partial charge in [-0.05, 0) is 17.7 Å². The van der Waals surface area contributed by atoms with Crippen LogP contribution in [0.2, 0.25) is 0 Å². The standard InChI is InChI=1S/C15H14N4O6/c1-8-11(17-14(8)21)6-12(20)13(18-16)15(22)25-7-9-2-4-10(5-3-9)19(23)24/h2-5,8,11H,6-7H2,1H3,(H,17,21). The van der Waals surface area contributed by atoms with Crippen LogP contribution in [0.4, 0.5) is 5.69 Å². The summed E-state index contributed by atoms with van der Waals surface area (Å²) < 4.78 is 4.88. The summed E-state index contributed by atoms with van der Waals surface area (Å²) in [5, 5.41) is 13.1. The summed E-state index contributed by atoms with van der Waals surface area (Å²) in [5.74, 6) is -2.43. The van der Waals surface area contributed by atoms with Crippen LogP contribution in [-0.2, 0) is 25.7 Å². The van der Waals surface area contributed by atoms with E-state index in [2.05, 4.69) is 10.1 Å². The lowest BCUT2D eigenvalue weighted by Crippen LogP contribution is -2.58. The molecule has 1 N–H and O–H groups in total. The van der Waals surface area contributed by atoms with Crippen molar-refractivity contribution in [3.8, 4) is 0 Å². The van der Waals surface area contributed by atoms with Crippen LogP contribution in [0.3, 0.4) is 0 Å². The summed E-state index contributed by atoms with van der Waals surface area (Å²) in [5.41, 5.74) is 8.47. The number of nitrogens with zero attached hydrogens (tertiary/aromatic N) is 3. The summed E-state index contributed by atoms with van der Waals surface area (Å²) in [7, 11) is 0. The van der Waals surface area contributed by atoms with Crippen molar-refractivity contribution in [1.82, 2.24) is 5.32 Å². The van der Waals surface area contributed by atoms with Crippen molar-refractivity contribution in [3.05, 3.63) is 45.5 Å². The summed E-state index contributed by atoms with van der Waals surface area (Å²) in [6, 6.07) is 4.87. The van der Waals surface area contributed by atoms with Gasteiger partial charge >= 0.3 is 11.7 Å². The van der Waals surface area contributed by atoms with Crippen LogP contribution in [0.15, 0.2) is 24.3 Å². The van der Waals surface area contributed by atoms with Gasteiger partial charge in [0.25, 0.3) is 11.5 Å². The van der Waals surface area contributed by atoms with Gasteiger partial charge in [0.1, 0.15) is 6.61 Å². The van der Waals surface area contributed by atoms with Gasteiger partial charge in [0.15, 0.2) is 0 Å². The molecule has 1 aliphatic rings. The molecular formula is C15H14N4O6. The lowest BCUT2D eigenvalue weighted by molar-refractivity contribution is -0.384. The van der Waals surface area contributed by atoms with Gasteiger partial charge in [-0.15, -0.1) is 0 Å². The van der Waals surface area contributed by atoms with E-state index >= 15 is 0 Å². The molecule has 1 aliphatic heterocycles. The molecular weight excluding hydrogens is 332 g/mol. The summed E-state index contributed by atoms with van der Waals surface area (Å²) in [4.78, 5) is 47.6. The first kappa shape index (κ1) is 18.0. The van der Waals surface area contributed by atoms with Gasteiger partial charge in [-0.25, -0.2) is 4.79 Å². The highest BCUT2D eigenvalue weighted by Gasteiger charge is 2.41. The molecule has 10 heteroatoms. The first-order chi connectivity index (χ1) is 11.8. The molecule has 1 aromatic rings. The van der Waals surface area contributed by atoms with Gasteiger partial charge in [-0.2, -0.15) is 4.79 Å². The van der Waals surface area contributed by atoms with Crippen molar-refractivity contribution in [2.24, 2.45) is 5.92 Å². The molecule has 10 nitrogen and oxygen atoms in total. The molecule has 2 rings (SSSR count). The number of esters is 1. The number of hydrogen-bond acceptors (Lipinski definition) is 6. The van der Waals surface area contributed by atoms with Crippen LogP contribution in [0, 0.1) is 16.0 Å². The Morgan fingerprint density at radius 3 is 2.48 bits per heavy atom. The van der Waals surface area contributed by atoms with Crippen molar-refractivity contribution in [2.75, 3.05) is 0 Å². The number of Topliss-reactive ketones (excluding diaryl/α,β-unsaturated/α-hetero) is 1. The highest BCUT2D eigenvalue weighted by Crippen LogP contribution is 2.17. The second kappa shape index (κ2) is 7.45. The summed E-state index contributed by atoms with van der Waals surface area (Å²) >= 11 is 0. The van der Waals surface area contributed by atoms with E-state index in [-0.39, 0.29) is 30.5 Å². The summed E-state index contributed by atoms with van der Waals surface area (Å²) in [6.45, 7) is 1.39. The minimum absolute atomic E-state index is 0.112. The molecule has 0 radical (unpaired) electrons. The Hall–Kier alpha value is -3.39. The number of carbonyl (C=O) groups is 3. The molecule has 0 aliphatic carbocycles. The second-order valence-electron chi connectivity index (χ2n) is 5.48. The molecule has 0 aromatic heterocycles. The molecule has 0 saturated carbocycles. The SMILES string of the molecule is CC1C(=O)NC1CC(=O)C(=[N+]=[N-])C(=O)OCc1ccc([N+](=O)[O-])cc1. The number of non-ortho nitro benzene ring substituents is 1. The molecule has 2 atom stereocenters. The van der Waals surface area contributed by atoms with Gasteiger partial charge in [-0.3, -0.25) is 19.7 Å². The average Bonchev–Trinajstić information content (AvgIpc) is 2.60. The number of amides is 1. The van der Waals surface area contributed by atoms with Crippen LogP contribution in [0.5, 0.6) is 0 Å². The number of nitrogens with one attached hydrogen (secondary N) is 1. The van der Waals surface area contributed by atoms with Gasteiger partial charge in [0.05, 0.1) is 10.8 Å². The van der Waals surface area contributed by atoms with Crippen LogP contribution in [0.1, 0.15) is 18.9 Å². The third-order valence-electron chi connectivity index (χ3n) is 3.82. The molecule has 1 saturated heterocycles. The van der Waals surface area contributed by atoms with Gasteiger partial charge in [-0.1, -0.05) is 6.92 Å². The highest BCUT2D eigenvalue weighted by atomic mass is 16.6. The Morgan fingerprint density at radius 1 is 1.36 bits per heavy atom. The molecule has 1 amide bonds. The Bertz CT molecular complexity index is 782. The van der Waals surface area contributed by atoms with E-state index in [1.165, 1.54) is 24.3 Å². The number of benzene rings is 1. The number of rotatable bonds is 7. The minimum atomic E-state index is -1.12. The van der Waals surface area contributed by atoms with Crippen molar-refractivity contribution >= 4 is 29.1 Å². The Labute approximate surface area is 141 Å². The Balaban J connectivity index is 1.91. The Morgan fingerprint density at radius 2 is 2.00 bits per heavy atom. The molecule has 1 aromatic carbocycles. The quantitative estimate of drug-likeness (QED) is 0.110. The molecule has 0 bridgehead atoms. The van der Waals surface area contributed by atoms with Crippen LogP contribution < -0.4 is 5.32 Å². The number of nitro groups is 1. The van der Waals surface area contributed by atoms with Crippen molar-refractivity contribution in [3.63, 3.8) is 0 Å². The predicted octanol–water partition coefficient (Wildman–Crippen LogP) is 0.403. The van der Waals surface area contributed by atoms with E-state index in [1.807, 2.05) is 0 Å². The number of ketones is 1. The molecule has 0 spiro atoms. The molecule has 1 heterocycles. The van der Waals surface area contributed by atoms with Crippen LogP contribution >= 0.6 is 0 Å². The predicted molar refractivity (Wildman–Crippen MR) is 82.2 cm³/mol. The third kappa shape index (κ3) is 4.12. The smallest absolute Gasteiger partial charge is 0.441 e. The Kier molecular flexibility index (Phi) is 5.35. The minimum Gasteiger partial charge on any atom is -0.452 e. The topological polar surface area (TPSA) is 152 Å². The van der Waals surface area contributed by atoms with Crippen LogP contribution in [-0.4, -0.2) is 39.1 Å². The number of nitro benzene ring substituents is 1. The zero-order chi connectivity index (χ0) is 18.6. The third-order valence-corrected chi connectivity index (χ3v) is 3.82. The maximum atomic E-state index is 12.0. The fraction of sp³-hybridized carbons (Fsp3) is 0.333. The maximum Gasteiger partial charge on any atom is 0.441 e. The number of hydrogen-bond donors (Lipinski definition) is 1. The second-order valence-corrected chi connectivity index (χ2v) is 5.48. The normalized spacial score (nSPS) is 18.4. The van der Waals surface area contributed by atoms with Crippen molar-refractivity contribution < 1.29 is 28.8 Å². The number of carbonyl (C=O) groups excluding carboxylic acids is 3. The lowest BCUT2D eigenvalue weighted by Gasteiger charge is -2.33. The molecule has 1 fully saturated rings. The van der Waals surface area contributed by atoms with E-state index in [1.54, 1.807) is 6.92 Å². The number of β-lactam (4-membered cyclic amide) rings is 1. The maximum absolute atomic E-state index is 12.0. The highest BCUT2D eigenvalue weighted by molar-refractivity contribution is 6.62. The first-order valence-electron chi connectivity index (χ1n) is 7.29. The van der Waals surface area contributed by atoms with E-state index in [0.717, 1.165) is 0 Å². The van der Waals surface area contributed by atoms with E-state index < -0.39 is 28.4 Å². The molecule has 2 unspecified atom stereocenters. The average molecular weight is 346 g/mol. The van der Waals surface area contributed by atoms with Crippen molar-refractivity contribution in [1.29, 1.82) is 0 Å². The largest absolute Gasteiger partial charge is 0.452 e. The van der Waals surface area contributed by atoms with Crippen LogP contribution in [0.25, 0.3) is 5.53 Å². The zero-order valence-electron chi connectivity index (χ0n) is 13.2. The molecule has 25 heavy (non-hydrogen) atoms. The van der Waals surface area contributed by atoms with E-state index in [4.69, 9.17) is 10.3 Å². The van der Waals surface area contributed by atoms with Gasteiger partial charge < -0.3 is 15.6 Å². The molecule has 130 valence electrons. The fourth-order valence-corrected chi connectivity index (χ4v) is 2.19. The summed E-state index contributed by atoms with van der Waals surface area (Å²) in [6.07, 6.45) is -0.182. The first-order valence-corrected chi connectivity index (χ1v) is 7.29. The fourth-order valence-electron chi connectivity index (χ4n) is 2.19. The van der Waals surface area contributed by atoms with Gasteiger partial charge in [0.2, 0.25) is 5.91 Å². The van der Waals surface area contributed by atoms with E-state index in [0.29, 0.717) is 5.56 Å². The number of ether oxygens (including phenoxy) is 1. The van der Waals surface area contributed by atoms with Crippen molar-refractivity contribution in [2.45, 2.75) is 26.0 Å². The zero-order valence-corrected chi connectivity index (χ0v) is 13.2.